The van der Waals surface area contributed by atoms with E-state index in [1.807, 2.05) is 32.0 Å². The van der Waals surface area contributed by atoms with Crippen molar-refractivity contribution in [3.05, 3.63) is 34.9 Å². The van der Waals surface area contributed by atoms with Crippen LogP contribution in [0.4, 0.5) is 0 Å². The van der Waals surface area contributed by atoms with E-state index in [9.17, 15) is 9.90 Å². The zero-order valence-electron chi connectivity index (χ0n) is 13.4. The Labute approximate surface area is 127 Å². The molecule has 1 aliphatic carbocycles. The average molecular weight is 289 g/mol. The average Bonchev–Trinajstić information content (AvgIpc) is 2.48. The van der Waals surface area contributed by atoms with Crippen molar-refractivity contribution in [2.24, 2.45) is 5.92 Å². The first-order valence-corrected chi connectivity index (χ1v) is 8.01. The third kappa shape index (κ3) is 4.07. The van der Waals surface area contributed by atoms with E-state index in [0.29, 0.717) is 12.1 Å². The van der Waals surface area contributed by atoms with Crippen molar-refractivity contribution in [3.8, 4) is 0 Å². The quantitative estimate of drug-likeness (QED) is 0.893. The number of hydrogen-bond acceptors (Lipinski definition) is 2. The lowest BCUT2D eigenvalue weighted by Crippen LogP contribution is -2.45. The third-order valence-electron chi connectivity index (χ3n) is 4.83. The first-order valence-electron chi connectivity index (χ1n) is 8.01. The van der Waals surface area contributed by atoms with Crippen molar-refractivity contribution in [1.82, 2.24) is 5.32 Å². The summed E-state index contributed by atoms with van der Waals surface area (Å²) < 4.78 is 0. The molecule has 0 bridgehead atoms. The van der Waals surface area contributed by atoms with Crippen LogP contribution in [-0.4, -0.2) is 23.2 Å². The van der Waals surface area contributed by atoms with Crippen LogP contribution in [0.1, 0.15) is 60.5 Å². The zero-order chi connectivity index (χ0) is 15.5. The Kier molecular flexibility index (Phi) is 5.04. The van der Waals surface area contributed by atoms with Crippen molar-refractivity contribution in [1.29, 1.82) is 0 Å². The largest absolute Gasteiger partial charge is 0.388 e. The molecule has 21 heavy (non-hydrogen) atoms. The third-order valence-corrected chi connectivity index (χ3v) is 4.83. The van der Waals surface area contributed by atoms with Crippen molar-refractivity contribution < 1.29 is 9.90 Å². The first kappa shape index (κ1) is 16.0. The fraction of sp³-hybridized carbons (Fsp3) is 0.611. The Balaban J connectivity index is 1.93. The van der Waals surface area contributed by atoms with Gasteiger partial charge in [-0.1, -0.05) is 31.0 Å². The maximum Gasteiger partial charge on any atom is 0.251 e. The summed E-state index contributed by atoms with van der Waals surface area (Å²) in [6.07, 6.45) is 4.89. The van der Waals surface area contributed by atoms with Gasteiger partial charge in [0.25, 0.3) is 5.91 Å². The van der Waals surface area contributed by atoms with Crippen LogP contribution in [0, 0.1) is 19.8 Å². The highest BCUT2D eigenvalue weighted by molar-refractivity contribution is 5.95. The molecule has 0 aliphatic heterocycles. The molecule has 116 valence electrons. The second-order valence-electron chi connectivity index (χ2n) is 6.58. The second kappa shape index (κ2) is 6.61. The minimum Gasteiger partial charge on any atom is -0.388 e. The fourth-order valence-corrected chi connectivity index (χ4v) is 3.12. The molecule has 0 spiro atoms. The zero-order valence-corrected chi connectivity index (χ0v) is 13.4. The summed E-state index contributed by atoms with van der Waals surface area (Å²) in [4.78, 5) is 12.3. The maximum atomic E-state index is 12.3. The molecule has 3 nitrogen and oxygen atoms in total. The van der Waals surface area contributed by atoms with Crippen LogP contribution in [0.5, 0.6) is 0 Å². The van der Waals surface area contributed by atoms with Crippen molar-refractivity contribution >= 4 is 5.91 Å². The van der Waals surface area contributed by atoms with E-state index in [1.165, 1.54) is 6.42 Å². The summed E-state index contributed by atoms with van der Waals surface area (Å²) in [5.74, 6) is 0.655. The molecule has 0 unspecified atom stereocenters. The predicted octanol–water partition coefficient (Wildman–Crippen LogP) is 3.36. The summed E-state index contributed by atoms with van der Waals surface area (Å²) >= 11 is 0. The molecule has 1 aliphatic rings. The highest BCUT2D eigenvalue weighted by Gasteiger charge is 2.32. The molecule has 2 N–H and O–H groups in total. The molecule has 2 rings (SSSR count). The van der Waals surface area contributed by atoms with Gasteiger partial charge in [-0.2, -0.15) is 0 Å². The van der Waals surface area contributed by atoms with Gasteiger partial charge in [0.05, 0.1) is 5.60 Å². The first-order chi connectivity index (χ1) is 9.93. The molecule has 1 amide bonds. The summed E-state index contributed by atoms with van der Waals surface area (Å²) in [5, 5.41) is 13.5. The van der Waals surface area contributed by atoms with Gasteiger partial charge in [0.2, 0.25) is 0 Å². The lowest BCUT2D eigenvalue weighted by molar-refractivity contribution is -0.00787. The summed E-state index contributed by atoms with van der Waals surface area (Å²) in [5.41, 5.74) is 2.03. The molecule has 0 atom stereocenters. The second-order valence-corrected chi connectivity index (χ2v) is 6.58. The molecule has 1 aromatic rings. The van der Waals surface area contributed by atoms with Gasteiger partial charge in [0.1, 0.15) is 0 Å². The lowest BCUT2D eigenvalue weighted by atomic mass is 9.78. The van der Waals surface area contributed by atoms with E-state index >= 15 is 0 Å². The fourth-order valence-electron chi connectivity index (χ4n) is 3.12. The number of hydrogen-bond donors (Lipinski definition) is 2. The standard InChI is InChI=1S/C18H27NO2/c1-4-15-7-9-18(21,10-8-15)12-19-17(20)16-11-13(2)5-6-14(16)3/h5-6,11,15,21H,4,7-10,12H2,1-3H3,(H,19,20). The smallest absolute Gasteiger partial charge is 0.251 e. The van der Waals surface area contributed by atoms with Crippen LogP contribution in [-0.2, 0) is 0 Å². The van der Waals surface area contributed by atoms with Crippen LogP contribution in [0.15, 0.2) is 18.2 Å². The number of rotatable bonds is 4. The van der Waals surface area contributed by atoms with Gasteiger partial charge in [-0.15, -0.1) is 0 Å². The Morgan fingerprint density at radius 1 is 1.33 bits per heavy atom. The molecule has 0 heterocycles. The number of benzene rings is 1. The summed E-state index contributed by atoms with van der Waals surface area (Å²) in [7, 11) is 0. The normalized spacial score (nSPS) is 25.6. The van der Waals surface area contributed by atoms with Gasteiger partial charge in [-0.3, -0.25) is 4.79 Å². The van der Waals surface area contributed by atoms with E-state index in [4.69, 9.17) is 0 Å². The highest BCUT2D eigenvalue weighted by atomic mass is 16.3. The number of aryl methyl sites for hydroxylation is 2. The van der Waals surface area contributed by atoms with Gasteiger partial charge in [-0.25, -0.2) is 0 Å². The summed E-state index contributed by atoms with van der Waals surface area (Å²) in [6.45, 7) is 6.48. The van der Waals surface area contributed by atoms with Crippen LogP contribution in [0.25, 0.3) is 0 Å². The minimum atomic E-state index is -0.723. The molecular formula is C18H27NO2. The molecule has 1 fully saturated rings. The number of aliphatic hydroxyl groups is 1. The van der Waals surface area contributed by atoms with Gasteiger partial charge < -0.3 is 10.4 Å². The Morgan fingerprint density at radius 2 is 2.00 bits per heavy atom. The van der Waals surface area contributed by atoms with Gasteiger partial charge in [0, 0.05) is 12.1 Å². The highest BCUT2D eigenvalue weighted by Crippen LogP contribution is 2.33. The van der Waals surface area contributed by atoms with Crippen molar-refractivity contribution in [2.45, 2.75) is 58.5 Å². The number of carbonyl (C=O) groups is 1. The Hall–Kier alpha value is -1.35. The van der Waals surface area contributed by atoms with Crippen molar-refractivity contribution in [3.63, 3.8) is 0 Å². The Morgan fingerprint density at radius 3 is 2.62 bits per heavy atom. The Bertz CT molecular complexity index is 502. The topological polar surface area (TPSA) is 49.3 Å². The monoisotopic (exact) mass is 289 g/mol. The van der Waals surface area contributed by atoms with Crippen LogP contribution in [0.2, 0.25) is 0 Å². The molecule has 0 saturated heterocycles. The van der Waals surface area contributed by atoms with Gasteiger partial charge >= 0.3 is 0 Å². The lowest BCUT2D eigenvalue weighted by Gasteiger charge is -2.35. The molecule has 1 aromatic carbocycles. The van der Waals surface area contributed by atoms with Gasteiger partial charge in [0.15, 0.2) is 0 Å². The van der Waals surface area contributed by atoms with Crippen molar-refractivity contribution in [2.75, 3.05) is 6.54 Å². The molecule has 3 heteroatoms. The van der Waals surface area contributed by atoms with Crippen LogP contribution >= 0.6 is 0 Å². The van der Waals surface area contributed by atoms with E-state index in [1.54, 1.807) is 0 Å². The number of amides is 1. The van der Waals surface area contributed by atoms with E-state index < -0.39 is 5.60 Å². The molecular weight excluding hydrogens is 262 g/mol. The van der Waals surface area contributed by atoms with Crippen LogP contribution in [0.3, 0.4) is 0 Å². The number of nitrogens with one attached hydrogen (secondary N) is 1. The predicted molar refractivity (Wildman–Crippen MR) is 85.4 cm³/mol. The maximum absolute atomic E-state index is 12.3. The number of carbonyl (C=O) groups excluding carboxylic acids is 1. The SMILES string of the molecule is CCC1CCC(O)(CNC(=O)c2cc(C)ccc2C)CC1. The molecule has 1 saturated carbocycles. The van der Waals surface area contributed by atoms with E-state index in [2.05, 4.69) is 12.2 Å². The van der Waals surface area contributed by atoms with E-state index in [-0.39, 0.29) is 5.91 Å². The molecule has 0 radical (unpaired) electrons. The van der Waals surface area contributed by atoms with Gasteiger partial charge in [-0.05, 0) is 57.1 Å². The van der Waals surface area contributed by atoms with E-state index in [0.717, 1.165) is 42.7 Å². The summed E-state index contributed by atoms with van der Waals surface area (Å²) in [6, 6.07) is 5.87. The van der Waals surface area contributed by atoms with Crippen LogP contribution < -0.4 is 5.32 Å². The molecule has 0 aromatic heterocycles. The minimum absolute atomic E-state index is 0.0813.